The van der Waals surface area contributed by atoms with Gasteiger partial charge in [-0.3, -0.25) is 9.79 Å². The van der Waals surface area contributed by atoms with Crippen molar-refractivity contribution in [2.45, 2.75) is 46.5 Å². The monoisotopic (exact) mass is 431 g/mol. The Bertz CT molecular complexity index is 668. The fraction of sp³-hybridized carbons (Fsp3) is 0.667. The third-order valence-corrected chi connectivity index (χ3v) is 6.44. The maximum absolute atomic E-state index is 12.7. The molecule has 0 aromatic heterocycles. The molecule has 7 heteroatoms. The number of para-hydroxylation sites is 1. The zero-order chi connectivity index (χ0) is 22.5. The third kappa shape index (κ3) is 7.73. The average Bonchev–Trinajstić information content (AvgIpc) is 2.82. The largest absolute Gasteiger partial charge is 0.396 e. The summed E-state index contributed by atoms with van der Waals surface area (Å²) in [6.45, 7) is 11.8. The van der Waals surface area contributed by atoms with E-state index in [1.807, 2.05) is 17.9 Å². The summed E-state index contributed by atoms with van der Waals surface area (Å²) < 4.78 is 0. The molecule has 31 heavy (non-hydrogen) atoms. The summed E-state index contributed by atoms with van der Waals surface area (Å²) >= 11 is 0. The number of aliphatic hydroxyl groups is 1. The third-order valence-electron chi connectivity index (χ3n) is 6.44. The lowest BCUT2D eigenvalue weighted by molar-refractivity contribution is -0.131. The molecule has 3 N–H and O–H groups in total. The van der Waals surface area contributed by atoms with E-state index < -0.39 is 0 Å². The number of piperazine rings is 1. The minimum atomic E-state index is 0.0331. The minimum absolute atomic E-state index is 0.0331. The highest BCUT2D eigenvalue weighted by Gasteiger charge is 2.25. The van der Waals surface area contributed by atoms with Crippen LogP contribution in [0.5, 0.6) is 0 Å². The Labute approximate surface area is 187 Å². The van der Waals surface area contributed by atoms with Crippen LogP contribution in [-0.4, -0.2) is 74.3 Å². The molecule has 1 aromatic carbocycles. The van der Waals surface area contributed by atoms with Crippen LogP contribution in [0.25, 0.3) is 0 Å². The van der Waals surface area contributed by atoms with Gasteiger partial charge in [-0.05, 0) is 43.7 Å². The number of aliphatic hydroxyl groups excluding tert-OH is 1. The zero-order valence-electron chi connectivity index (χ0n) is 19.6. The molecule has 0 unspecified atom stereocenters. The highest BCUT2D eigenvalue weighted by molar-refractivity contribution is 5.81. The standard InChI is InChI=1S/C24H41N5O2/c1-4-24(5-2,13-19-30)20-27-23(25-6-3)26-14-12-22(31)29-17-15-28(16-18-29)21-10-8-7-9-11-21/h7-11,30H,4-6,12-20H2,1-3H3,(H2,25,26,27). The Balaban J connectivity index is 1.79. The van der Waals surface area contributed by atoms with Gasteiger partial charge in [-0.1, -0.05) is 32.0 Å². The van der Waals surface area contributed by atoms with Crippen molar-refractivity contribution in [2.24, 2.45) is 10.4 Å². The summed E-state index contributed by atoms with van der Waals surface area (Å²) in [6, 6.07) is 10.4. The van der Waals surface area contributed by atoms with Crippen LogP contribution in [0, 0.1) is 5.41 Å². The number of hydrogen-bond donors (Lipinski definition) is 3. The molecule has 0 atom stereocenters. The number of rotatable bonds is 11. The summed E-state index contributed by atoms with van der Waals surface area (Å²) in [5, 5.41) is 16.0. The predicted octanol–water partition coefficient (Wildman–Crippen LogP) is 2.47. The fourth-order valence-corrected chi connectivity index (χ4v) is 4.03. The van der Waals surface area contributed by atoms with Crippen molar-refractivity contribution < 1.29 is 9.90 Å². The van der Waals surface area contributed by atoms with E-state index in [2.05, 4.69) is 53.6 Å². The van der Waals surface area contributed by atoms with Gasteiger partial charge in [-0.15, -0.1) is 0 Å². The first kappa shape index (κ1) is 25.0. The highest BCUT2D eigenvalue weighted by atomic mass is 16.3. The lowest BCUT2D eigenvalue weighted by atomic mass is 9.79. The average molecular weight is 432 g/mol. The van der Waals surface area contributed by atoms with Crippen molar-refractivity contribution in [3.05, 3.63) is 30.3 Å². The van der Waals surface area contributed by atoms with E-state index in [9.17, 15) is 9.90 Å². The Hall–Kier alpha value is -2.28. The summed E-state index contributed by atoms with van der Waals surface area (Å²) in [5.74, 6) is 0.932. The molecule has 174 valence electrons. The number of anilines is 1. The van der Waals surface area contributed by atoms with Crippen LogP contribution >= 0.6 is 0 Å². The molecule has 0 aliphatic carbocycles. The van der Waals surface area contributed by atoms with Gasteiger partial charge in [0.15, 0.2) is 5.96 Å². The molecule has 1 aliphatic rings. The zero-order valence-corrected chi connectivity index (χ0v) is 19.6. The molecule has 1 aliphatic heterocycles. The molecular weight excluding hydrogens is 390 g/mol. The number of benzene rings is 1. The SMILES string of the molecule is CCNC(=NCC(CC)(CC)CCO)NCCC(=O)N1CCN(c2ccccc2)CC1. The van der Waals surface area contributed by atoms with E-state index in [-0.39, 0.29) is 17.9 Å². The fourth-order valence-electron chi connectivity index (χ4n) is 4.03. The van der Waals surface area contributed by atoms with Gasteiger partial charge >= 0.3 is 0 Å². The maximum atomic E-state index is 12.7. The molecule has 1 saturated heterocycles. The quantitative estimate of drug-likeness (QED) is 0.370. The van der Waals surface area contributed by atoms with Gasteiger partial charge in [-0.25, -0.2) is 0 Å². The minimum Gasteiger partial charge on any atom is -0.396 e. The molecule has 1 amide bonds. The molecule has 0 bridgehead atoms. The van der Waals surface area contributed by atoms with Gasteiger partial charge in [0, 0.05) is 64.5 Å². The predicted molar refractivity (Wildman–Crippen MR) is 129 cm³/mol. The van der Waals surface area contributed by atoms with Crippen molar-refractivity contribution in [3.63, 3.8) is 0 Å². The van der Waals surface area contributed by atoms with Gasteiger partial charge in [0.25, 0.3) is 0 Å². The summed E-state index contributed by atoms with van der Waals surface area (Å²) in [6.07, 6.45) is 3.19. The van der Waals surface area contributed by atoms with Crippen molar-refractivity contribution >= 4 is 17.6 Å². The van der Waals surface area contributed by atoms with Crippen LogP contribution < -0.4 is 15.5 Å². The summed E-state index contributed by atoms with van der Waals surface area (Å²) in [5.41, 5.74) is 1.25. The van der Waals surface area contributed by atoms with Gasteiger partial charge in [-0.2, -0.15) is 0 Å². The maximum Gasteiger partial charge on any atom is 0.224 e. The second-order valence-corrected chi connectivity index (χ2v) is 8.26. The number of guanidine groups is 1. The number of aliphatic imine (C=N–C) groups is 1. The molecule has 2 rings (SSSR count). The normalized spacial score (nSPS) is 15.2. The number of hydrogen-bond acceptors (Lipinski definition) is 4. The van der Waals surface area contributed by atoms with Crippen LogP contribution in [0.2, 0.25) is 0 Å². The second kappa shape index (κ2) is 13.2. The summed E-state index contributed by atoms with van der Waals surface area (Å²) in [7, 11) is 0. The van der Waals surface area contributed by atoms with Crippen LogP contribution in [-0.2, 0) is 4.79 Å². The number of carbonyl (C=O) groups excluding carboxylic acids is 1. The highest BCUT2D eigenvalue weighted by Crippen LogP contribution is 2.30. The smallest absolute Gasteiger partial charge is 0.224 e. The first-order valence-electron chi connectivity index (χ1n) is 11.8. The van der Waals surface area contributed by atoms with E-state index in [1.54, 1.807) is 0 Å². The molecule has 0 spiro atoms. The Morgan fingerprint density at radius 3 is 2.32 bits per heavy atom. The number of amides is 1. The Morgan fingerprint density at radius 2 is 1.74 bits per heavy atom. The van der Waals surface area contributed by atoms with E-state index in [0.717, 1.165) is 57.9 Å². The number of nitrogens with one attached hydrogen (secondary N) is 2. The molecule has 0 saturated carbocycles. The Morgan fingerprint density at radius 1 is 1.06 bits per heavy atom. The topological polar surface area (TPSA) is 80.2 Å². The first-order chi connectivity index (χ1) is 15.1. The van der Waals surface area contributed by atoms with E-state index in [1.165, 1.54) is 5.69 Å². The number of carbonyl (C=O) groups is 1. The molecule has 1 fully saturated rings. The van der Waals surface area contributed by atoms with E-state index in [0.29, 0.717) is 19.5 Å². The molecular formula is C24H41N5O2. The molecule has 1 heterocycles. The molecule has 0 radical (unpaired) electrons. The van der Waals surface area contributed by atoms with Crippen molar-refractivity contribution in [2.75, 3.05) is 57.3 Å². The van der Waals surface area contributed by atoms with Crippen LogP contribution in [0.1, 0.15) is 46.5 Å². The first-order valence-corrected chi connectivity index (χ1v) is 11.8. The van der Waals surface area contributed by atoms with Gasteiger partial charge in [0.05, 0.1) is 0 Å². The summed E-state index contributed by atoms with van der Waals surface area (Å²) in [4.78, 5) is 21.7. The van der Waals surface area contributed by atoms with Gasteiger partial charge < -0.3 is 25.5 Å². The van der Waals surface area contributed by atoms with Gasteiger partial charge in [0.2, 0.25) is 5.91 Å². The van der Waals surface area contributed by atoms with Crippen LogP contribution in [0.3, 0.4) is 0 Å². The number of nitrogens with zero attached hydrogens (tertiary/aromatic N) is 3. The van der Waals surface area contributed by atoms with Crippen molar-refractivity contribution in [1.82, 2.24) is 15.5 Å². The van der Waals surface area contributed by atoms with E-state index >= 15 is 0 Å². The lowest BCUT2D eigenvalue weighted by Gasteiger charge is -2.36. The van der Waals surface area contributed by atoms with E-state index in [4.69, 9.17) is 4.99 Å². The van der Waals surface area contributed by atoms with Gasteiger partial charge in [0.1, 0.15) is 0 Å². The second-order valence-electron chi connectivity index (χ2n) is 8.26. The van der Waals surface area contributed by atoms with Crippen molar-refractivity contribution in [3.8, 4) is 0 Å². The van der Waals surface area contributed by atoms with Crippen LogP contribution in [0.15, 0.2) is 35.3 Å². The van der Waals surface area contributed by atoms with Crippen molar-refractivity contribution in [1.29, 1.82) is 0 Å². The Kier molecular flexibility index (Phi) is 10.6. The lowest BCUT2D eigenvalue weighted by Crippen LogP contribution is -2.49. The molecule has 7 nitrogen and oxygen atoms in total. The van der Waals surface area contributed by atoms with Crippen LogP contribution in [0.4, 0.5) is 5.69 Å². The molecule has 1 aromatic rings.